The van der Waals surface area contributed by atoms with Crippen LogP contribution >= 0.6 is 11.6 Å². The van der Waals surface area contributed by atoms with Crippen LogP contribution in [0.15, 0.2) is 36.4 Å². The van der Waals surface area contributed by atoms with Gasteiger partial charge in [0, 0.05) is 16.3 Å². The molecule has 0 atom stereocenters. The van der Waals surface area contributed by atoms with Crippen molar-refractivity contribution >= 4 is 23.3 Å². The second kappa shape index (κ2) is 5.92. The number of anilines is 1. The van der Waals surface area contributed by atoms with E-state index in [-0.39, 0.29) is 12.2 Å². The predicted molar refractivity (Wildman–Crippen MR) is 76.1 cm³/mol. The first kappa shape index (κ1) is 14.3. The maximum Gasteiger partial charge on any atom is 0.341 e. The van der Waals surface area contributed by atoms with Crippen LogP contribution in [0.4, 0.5) is 10.1 Å². The molecule has 104 valence electrons. The quantitative estimate of drug-likeness (QED) is 0.693. The SMILES string of the molecule is Cc1cc(N)cc(C(=O)OCc2ccccc2Cl)c1F. The van der Waals surface area contributed by atoms with Gasteiger partial charge >= 0.3 is 5.97 Å². The Hall–Kier alpha value is -2.07. The van der Waals surface area contributed by atoms with Crippen LogP contribution < -0.4 is 5.73 Å². The summed E-state index contributed by atoms with van der Waals surface area (Å²) in [6.45, 7) is 1.52. The zero-order valence-electron chi connectivity index (χ0n) is 10.8. The lowest BCUT2D eigenvalue weighted by Crippen LogP contribution is -2.09. The first-order chi connectivity index (χ1) is 9.49. The summed E-state index contributed by atoms with van der Waals surface area (Å²) in [6, 6.07) is 9.69. The maximum absolute atomic E-state index is 13.9. The third-order valence-electron chi connectivity index (χ3n) is 2.81. The van der Waals surface area contributed by atoms with Crippen molar-refractivity contribution in [3.05, 3.63) is 63.9 Å². The Balaban J connectivity index is 2.15. The van der Waals surface area contributed by atoms with E-state index in [4.69, 9.17) is 22.1 Å². The zero-order valence-corrected chi connectivity index (χ0v) is 11.6. The molecule has 0 saturated heterocycles. The highest BCUT2D eigenvalue weighted by Crippen LogP contribution is 2.20. The molecule has 0 bridgehead atoms. The number of aryl methyl sites for hydroxylation is 1. The zero-order chi connectivity index (χ0) is 14.7. The van der Waals surface area contributed by atoms with Gasteiger partial charge in [0.15, 0.2) is 0 Å². The summed E-state index contributed by atoms with van der Waals surface area (Å²) >= 11 is 5.95. The van der Waals surface area contributed by atoms with E-state index in [1.165, 1.54) is 19.1 Å². The molecule has 0 heterocycles. The number of esters is 1. The number of nitrogen functional groups attached to an aromatic ring is 1. The molecule has 0 spiro atoms. The number of halogens is 2. The van der Waals surface area contributed by atoms with Gasteiger partial charge in [-0.25, -0.2) is 9.18 Å². The Bertz CT molecular complexity index is 658. The molecule has 2 aromatic carbocycles. The Morgan fingerprint density at radius 1 is 1.35 bits per heavy atom. The molecular weight excluding hydrogens is 281 g/mol. The van der Waals surface area contributed by atoms with E-state index in [1.807, 2.05) is 0 Å². The number of carbonyl (C=O) groups excluding carboxylic acids is 1. The lowest BCUT2D eigenvalue weighted by Gasteiger charge is -2.09. The second-order valence-corrected chi connectivity index (χ2v) is 4.77. The third-order valence-corrected chi connectivity index (χ3v) is 3.18. The van der Waals surface area contributed by atoms with Crippen molar-refractivity contribution in [1.82, 2.24) is 0 Å². The highest BCUT2D eigenvalue weighted by atomic mass is 35.5. The molecule has 0 aliphatic carbocycles. The van der Waals surface area contributed by atoms with Crippen molar-refractivity contribution in [1.29, 1.82) is 0 Å². The Kier molecular flexibility index (Phi) is 4.25. The lowest BCUT2D eigenvalue weighted by atomic mass is 10.1. The summed E-state index contributed by atoms with van der Waals surface area (Å²) < 4.78 is 18.9. The average molecular weight is 294 g/mol. The van der Waals surface area contributed by atoms with Crippen molar-refractivity contribution < 1.29 is 13.9 Å². The van der Waals surface area contributed by atoms with Crippen LogP contribution in [0.5, 0.6) is 0 Å². The summed E-state index contributed by atoms with van der Waals surface area (Å²) in [5.74, 6) is -1.39. The molecule has 2 rings (SSSR count). The molecule has 20 heavy (non-hydrogen) atoms. The van der Waals surface area contributed by atoms with Crippen LogP contribution in [-0.2, 0) is 11.3 Å². The first-order valence-electron chi connectivity index (χ1n) is 5.95. The van der Waals surface area contributed by atoms with Gasteiger partial charge in [-0.15, -0.1) is 0 Å². The normalized spacial score (nSPS) is 10.3. The second-order valence-electron chi connectivity index (χ2n) is 4.37. The van der Waals surface area contributed by atoms with Crippen molar-refractivity contribution in [2.75, 3.05) is 5.73 Å². The Labute approximate surface area is 121 Å². The minimum absolute atomic E-state index is 0.0220. The van der Waals surface area contributed by atoms with Crippen LogP contribution in [0.25, 0.3) is 0 Å². The van der Waals surface area contributed by atoms with E-state index in [9.17, 15) is 9.18 Å². The van der Waals surface area contributed by atoms with Crippen LogP contribution in [0.1, 0.15) is 21.5 Å². The highest BCUT2D eigenvalue weighted by Gasteiger charge is 2.16. The predicted octanol–water partition coefficient (Wildman–Crippen LogP) is 3.73. The fraction of sp³-hybridized carbons (Fsp3) is 0.133. The van der Waals surface area contributed by atoms with Crippen LogP contribution in [-0.4, -0.2) is 5.97 Å². The van der Waals surface area contributed by atoms with Gasteiger partial charge in [0.05, 0.1) is 5.56 Å². The number of hydrogen-bond donors (Lipinski definition) is 1. The van der Waals surface area contributed by atoms with Crippen molar-refractivity contribution in [3.8, 4) is 0 Å². The van der Waals surface area contributed by atoms with E-state index < -0.39 is 11.8 Å². The molecular formula is C15H13ClFNO2. The number of rotatable bonds is 3. The number of benzene rings is 2. The Morgan fingerprint density at radius 2 is 2.05 bits per heavy atom. The highest BCUT2D eigenvalue weighted by molar-refractivity contribution is 6.31. The van der Waals surface area contributed by atoms with E-state index >= 15 is 0 Å². The fourth-order valence-electron chi connectivity index (χ4n) is 1.78. The molecule has 3 nitrogen and oxygen atoms in total. The van der Waals surface area contributed by atoms with Crippen molar-refractivity contribution in [2.24, 2.45) is 0 Å². The van der Waals surface area contributed by atoms with Crippen molar-refractivity contribution in [2.45, 2.75) is 13.5 Å². The van der Waals surface area contributed by atoms with Crippen LogP contribution in [0, 0.1) is 12.7 Å². The first-order valence-corrected chi connectivity index (χ1v) is 6.33. The van der Waals surface area contributed by atoms with Gasteiger partial charge in [0.25, 0.3) is 0 Å². The van der Waals surface area contributed by atoms with Gasteiger partial charge < -0.3 is 10.5 Å². The van der Waals surface area contributed by atoms with Gasteiger partial charge in [-0.2, -0.15) is 0 Å². The largest absolute Gasteiger partial charge is 0.457 e. The summed E-state index contributed by atoms with van der Waals surface area (Å²) in [5, 5.41) is 0.490. The van der Waals surface area contributed by atoms with E-state index in [0.29, 0.717) is 21.8 Å². The monoisotopic (exact) mass is 293 g/mol. The molecule has 0 amide bonds. The van der Waals surface area contributed by atoms with E-state index in [1.54, 1.807) is 24.3 Å². The average Bonchev–Trinajstić information content (AvgIpc) is 2.41. The number of carbonyl (C=O) groups is 1. The molecule has 0 radical (unpaired) electrons. The van der Waals surface area contributed by atoms with Gasteiger partial charge in [-0.05, 0) is 30.7 Å². The summed E-state index contributed by atoms with van der Waals surface area (Å²) in [7, 11) is 0. The lowest BCUT2D eigenvalue weighted by molar-refractivity contribution is 0.0467. The number of ether oxygens (including phenoxy) is 1. The molecule has 0 aliphatic rings. The van der Waals surface area contributed by atoms with Crippen molar-refractivity contribution in [3.63, 3.8) is 0 Å². The maximum atomic E-state index is 13.9. The third kappa shape index (κ3) is 3.08. The molecule has 2 aromatic rings. The summed E-state index contributed by atoms with van der Waals surface area (Å²) in [5.41, 5.74) is 6.70. The standard InChI is InChI=1S/C15H13ClFNO2/c1-9-6-11(18)7-12(14(9)17)15(19)20-8-10-4-2-3-5-13(10)16/h2-7H,8,18H2,1H3. The van der Waals surface area contributed by atoms with E-state index in [0.717, 1.165) is 0 Å². The molecule has 5 heteroatoms. The van der Waals surface area contributed by atoms with E-state index in [2.05, 4.69) is 0 Å². The minimum atomic E-state index is -0.766. The molecule has 0 unspecified atom stereocenters. The molecule has 0 fully saturated rings. The minimum Gasteiger partial charge on any atom is -0.457 e. The summed E-state index contributed by atoms with van der Waals surface area (Å²) in [4.78, 5) is 11.9. The topological polar surface area (TPSA) is 52.3 Å². The van der Waals surface area contributed by atoms with Crippen LogP contribution in [0.2, 0.25) is 5.02 Å². The van der Waals surface area contributed by atoms with Gasteiger partial charge in [-0.1, -0.05) is 29.8 Å². The fourth-order valence-corrected chi connectivity index (χ4v) is 1.97. The smallest absolute Gasteiger partial charge is 0.341 e. The van der Waals surface area contributed by atoms with Gasteiger partial charge in [0.2, 0.25) is 0 Å². The van der Waals surface area contributed by atoms with Gasteiger partial charge in [0.1, 0.15) is 12.4 Å². The van der Waals surface area contributed by atoms with Crippen LogP contribution in [0.3, 0.4) is 0 Å². The molecule has 2 N–H and O–H groups in total. The molecule has 0 aromatic heterocycles. The molecule has 0 aliphatic heterocycles. The Morgan fingerprint density at radius 3 is 2.75 bits per heavy atom. The number of nitrogens with two attached hydrogens (primary N) is 1. The molecule has 0 saturated carbocycles. The summed E-state index contributed by atoms with van der Waals surface area (Å²) in [6.07, 6.45) is 0. The van der Waals surface area contributed by atoms with Gasteiger partial charge in [-0.3, -0.25) is 0 Å². The number of hydrogen-bond acceptors (Lipinski definition) is 3.